The lowest BCUT2D eigenvalue weighted by atomic mass is 9.93. The van der Waals surface area contributed by atoms with Crippen molar-refractivity contribution in [2.45, 2.75) is 19.9 Å². The van der Waals surface area contributed by atoms with E-state index in [1.54, 1.807) is 42.5 Å². The van der Waals surface area contributed by atoms with Crippen molar-refractivity contribution in [1.82, 2.24) is 0 Å². The van der Waals surface area contributed by atoms with Crippen LogP contribution in [0, 0.1) is 13.8 Å². The second kappa shape index (κ2) is 9.54. The minimum atomic E-state index is -0.928. The van der Waals surface area contributed by atoms with Crippen LogP contribution in [0.1, 0.15) is 28.3 Å². The number of hydrogen-bond acceptors (Lipinski definition) is 6. The Bertz CT molecular complexity index is 1340. The van der Waals surface area contributed by atoms with Gasteiger partial charge in [0, 0.05) is 11.3 Å². The van der Waals surface area contributed by atoms with Crippen LogP contribution in [0.3, 0.4) is 0 Å². The van der Waals surface area contributed by atoms with Crippen molar-refractivity contribution in [2.75, 3.05) is 26.2 Å². The Kier molecular flexibility index (Phi) is 6.51. The highest BCUT2D eigenvalue weighted by atomic mass is 16.5. The number of rotatable bonds is 6. The van der Waals surface area contributed by atoms with Crippen molar-refractivity contribution in [2.24, 2.45) is 0 Å². The number of nitrogens with zero attached hydrogens (tertiary/aromatic N) is 1. The maximum atomic E-state index is 13.5. The van der Waals surface area contributed by atoms with E-state index < -0.39 is 17.7 Å². The van der Waals surface area contributed by atoms with Crippen LogP contribution in [-0.2, 0) is 9.59 Å². The van der Waals surface area contributed by atoms with E-state index in [0.717, 1.165) is 11.1 Å². The van der Waals surface area contributed by atoms with E-state index >= 15 is 0 Å². The first-order valence-corrected chi connectivity index (χ1v) is 11.1. The average Bonchev–Trinajstić information content (AvgIpc) is 3.14. The summed E-state index contributed by atoms with van der Waals surface area (Å²) in [7, 11) is 4.49. The maximum Gasteiger partial charge on any atom is 0.300 e. The Labute approximate surface area is 204 Å². The van der Waals surface area contributed by atoms with Crippen molar-refractivity contribution < 1.29 is 28.9 Å². The zero-order chi connectivity index (χ0) is 25.3. The molecule has 1 aliphatic rings. The van der Waals surface area contributed by atoms with Gasteiger partial charge in [0.25, 0.3) is 11.7 Å². The number of aliphatic hydroxyl groups excluding tert-OH is 1. The number of ether oxygens (including phenoxy) is 3. The minimum absolute atomic E-state index is 0.0630. The maximum absolute atomic E-state index is 13.5. The molecule has 0 spiro atoms. The van der Waals surface area contributed by atoms with E-state index in [4.69, 9.17) is 14.2 Å². The highest BCUT2D eigenvalue weighted by molar-refractivity contribution is 6.52. The molecule has 0 aromatic heterocycles. The van der Waals surface area contributed by atoms with Gasteiger partial charge in [0.05, 0.1) is 38.5 Å². The van der Waals surface area contributed by atoms with Crippen LogP contribution in [0.2, 0.25) is 0 Å². The number of methoxy groups -OCH3 is 3. The Morgan fingerprint density at radius 3 is 2.26 bits per heavy atom. The number of Topliss-reactive ketones (excluding diaryl/α,β-unsaturated/α-hetero) is 1. The van der Waals surface area contributed by atoms with Gasteiger partial charge in [-0.2, -0.15) is 0 Å². The summed E-state index contributed by atoms with van der Waals surface area (Å²) in [4.78, 5) is 28.5. The van der Waals surface area contributed by atoms with Crippen LogP contribution in [0.4, 0.5) is 5.69 Å². The van der Waals surface area contributed by atoms with Gasteiger partial charge in [0.2, 0.25) is 0 Å². The fourth-order valence-corrected chi connectivity index (χ4v) is 4.39. The van der Waals surface area contributed by atoms with E-state index in [1.165, 1.54) is 26.2 Å². The van der Waals surface area contributed by atoms with Gasteiger partial charge in [-0.05, 0) is 55.3 Å². The molecule has 1 atom stereocenters. The van der Waals surface area contributed by atoms with Crippen LogP contribution in [0.15, 0.2) is 66.2 Å². The number of aliphatic hydroxyl groups is 1. The number of aryl methyl sites for hydroxylation is 2. The molecule has 0 saturated carbocycles. The Morgan fingerprint density at radius 2 is 1.57 bits per heavy atom. The standard InChI is InChI=1S/C28H27NO6/c1-16-10-11-17(2)21(14-16)29-25(19-8-6-7-9-22(19)34-4)24(27(31)28(29)32)26(30)20-15-18(33-3)12-13-23(20)35-5/h6-15,25,30H,1-5H3/b26-24+. The topological polar surface area (TPSA) is 85.3 Å². The number of carbonyl (C=O) groups excluding carboxylic acids is 2. The van der Waals surface area contributed by atoms with E-state index in [1.807, 2.05) is 32.0 Å². The summed E-state index contributed by atoms with van der Waals surface area (Å²) in [5, 5.41) is 11.5. The molecule has 3 aromatic rings. The molecule has 1 heterocycles. The highest BCUT2D eigenvalue weighted by Crippen LogP contribution is 2.46. The number of amides is 1. The second-order valence-corrected chi connectivity index (χ2v) is 8.27. The summed E-state index contributed by atoms with van der Waals surface area (Å²) < 4.78 is 16.3. The lowest BCUT2D eigenvalue weighted by Gasteiger charge is -2.28. The van der Waals surface area contributed by atoms with E-state index in [0.29, 0.717) is 28.5 Å². The molecule has 1 unspecified atom stereocenters. The summed E-state index contributed by atoms with van der Waals surface area (Å²) in [6.07, 6.45) is 0. The first-order valence-electron chi connectivity index (χ1n) is 11.1. The second-order valence-electron chi connectivity index (χ2n) is 8.27. The van der Waals surface area contributed by atoms with E-state index in [9.17, 15) is 14.7 Å². The molecule has 7 nitrogen and oxygen atoms in total. The van der Waals surface area contributed by atoms with Crippen molar-refractivity contribution in [1.29, 1.82) is 0 Å². The molecule has 180 valence electrons. The van der Waals surface area contributed by atoms with Crippen LogP contribution in [-0.4, -0.2) is 38.1 Å². The monoisotopic (exact) mass is 473 g/mol. The van der Waals surface area contributed by atoms with Crippen molar-refractivity contribution >= 4 is 23.1 Å². The summed E-state index contributed by atoms with van der Waals surface area (Å²) >= 11 is 0. The molecule has 35 heavy (non-hydrogen) atoms. The minimum Gasteiger partial charge on any atom is -0.507 e. The van der Waals surface area contributed by atoms with Crippen molar-refractivity contribution in [3.63, 3.8) is 0 Å². The van der Waals surface area contributed by atoms with Gasteiger partial charge in [0.1, 0.15) is 23.0 Å². The zero-order valence-corrected chi connectivity index (χ0v) is 20.3. The number of para-hydroxylation sites is 1. The van der Waals surface area contributed by atoms with Gasteiger partial charge < -0.3 is 19.3 Å². The molecule has 0 aliphatic carbocycles. The van der Waals surface area contributed by atoms with Gasteiger partial charge in [-0.3, -0.25) is 14.5 Å². The summed E-state index contributed by atoms with van der Waals surface area (Å²) in [5.74, 6) is -0.617. The molecule has 1 fully saturated rings. The third-order valence-electron chi connectivity index (χ3n) is 6.16. The fraction of sp³-hybridized carbons (Fsp3) is 0.214. The van der Waals surface area contributed by atoms with Crippen LogP contribution in [0.5, 0.6) is 17.2 Å². The Balaban J connectivity index is 2.05. The third-order valence-corrected chi connectivity index (χ3v) is 6.16. The Hall–Kier alpha value is -4.26. The van der Waals surface area contributed by atoms with Crippen LogP contribution < -0.4 is 19.1 Å². The summed E-state index contributed by atoms with van der Waals surface area (Å²) in [6, 6.07) is 16.8. The van der Waals surface area contributed by atoms with Gasteiger partial charge in [-0.15, -0.1) is 0 Å². The first kappa shape index (κ1) is 23.9. The largest absolute Gasteiger partial charge is 0.507 e. The van der Waals surface area contributed by atoms with Gasteiger partial charge >= 0.3 is 0 Å². The molecule has 1 aliphatic heterocycles. The van der Waals surface area contributed by atoms with Crippen molar-refractivity contribution in [3.05, 3.63) is 88.5 Å². The summed E-state index contributed by atoms with van der Waals surface area (Å²) in [5.41, 5.74) is 3.08. The van der Waals surface area contributed by atoms with Gasteiger partial charge in [0.15, 0.2) is 0 Å². The molecule has 3 aromatic carbocycles. The highest BCUT2D eigenvalue weighted by Gasteiger charge is 2.48. The average molecular weight is 474 g/mol. The zero-order valence-electron chi connectivity index (χ0n) is 20.3. The van der Waals surface area contributed by atoms with Crippen LogP contribution in [0.25, 0.3) is 5.76 Å². The predicted molar refractivity (Wildman–Crippen MR) is 133 cm³/mol. The first-order chi connectivity index (χ1) is 16.8. The molecule has 0 radical (unpaired) electrons. The quantitative estimate of drug-likeness (QED) is 0.310. The summed E-state index contributed by atoms with van der Waals surface area (Å²) in [6.45, 7) is 3.79. The molecule has 1 amide bonds. The number of anilines is 1. The Morgan fingerprint density at radius 1 is 0.857 bits per heavy atom. The molecule has 1 N–H and O–H groups in total. The molecular weight excluding hydrogens is 446 g/mol. The normalized spacial score (nSPS) is 16.9. The third kappa shape index (κ3) is 4.10. The lowest BCUT2D eigenvalue weighted by molar-refractivity contribution is -0.132. The van der Waals surface area contributed by atoms with E-state index in [2.05, 4.69) is 0 Å². The number of hydrogen-bond donors (Lipinski definition) is 1. The van der Waals surface area contributed by atoms with Gasteiger partial charge in [-0.25, -0.2) is 0 Å². The smallest absolute Gasteiger partial charge is 0.300 e. The van der Waals surface area contributed by atoms with E-state index in [-0.39, 0.29) is 16.9 Å². The number of carbonyl (C=O) groups is 2. The van der Waals surface area contributed by atoms with Crippen LogP contribution >= 0.6 is 0 Å². The SMILES string of the molecule is COc1ccc(OC)c(/C(O)=C2\C(=O)C(=O)N(c3cc(C)ccc3C)C2c2ccccc2OC)c1. The molecule has 1 saturated heterocycles. The van der Waals surface area contributed by atoms with Gasteiger partial charge in [-0.1, -0.05) is 30.3 Å². The molecule has 7 heteroatoms. The predicted octanol–water partition coefficient (Wildman–Crippen LogP) is 4.96. The lowest BCUT2D eigenvalue weighted by Crippen LogP contribution is -2.30. The van der Waals surface area contributed by atoms with Crippen molar-refractivity contribution in [3.8, 4) is 17.2 Å². The molecular formula is C28H27NO6. The number of ketones is 1. The number of benzene rings is 3. The fourth-order valence-electron chi connectivity index (χ4n) is 4.39. The molecule has 0 bridgehead atoms. The molecule has 4 rings (SSSR count).